The van der Waals surface area contributed by atoms with Gasteiger partial charge in [-0.15, -0.1) is 0 Å². The summed E-state index contributed by atoms with van der Waals surface area (Å²) in [4.78, 5) is 11.0. The zero-order valence-electron chi connectivity index (χ0n) is 8.32. The van der Waals surface area contributed by atoms with Crippen LogP contribution in [0, 0.1) is 5.82 Å². The Bertz CT molecular complexity index is 595. The Hall–Kier alpha value is -1.52. The number of nitrogens with zero attached hydrogens (tertiary/aromatic N) is 1. The molecule has 17 heavy (non-hydrogen) atoms. The average molecular weight is 274 g/mol. The highest BCUT2D eigenvalue weighted by molar-refractivity contribution is 6.33. The van der Waals surface area contributed by atoms with Crippen LogP contribution in [0.3, 0.4) is 0 Å². The van der Waals surface area contributed by atoms with Gasteiger partial charge in [-0.2, -0.15) is 0 Å². The molecule has 0 saturated heterocycles. The number of carboxylic acids is 1. The molecule has 2 rings (SSSR count). The van der Waals surface area contributed by atoms with Crippen LogP contribution in [0.25, 0.3) is 5.69 Å². The molecule has 6 heteroatoms. The van der Waals surface area contributed by atoms with E-state index in [1.807, 2.05) is 0 Å². The number of aromatic nitrogens is 1. The van der Waals surface area contributed by atoms with Crippen LogP contribution in [0.15, 0.2) is 30.5 Å². The van der Waals surface area contributed by atoms with Crippen molar-refractivity contribution in [3.63, 3.8) is 0 Å². The number of rotatable bonds is 2. The van der Waals surface area contributed by atoms with E-state index in [0.717, 1.165) is 6.07 Å². The molecule has 0 atom stereocenters. The highest BCUT2D eigenvalue weighted by Crippen LogP contribution is 2.26. The molecule has 0 aliphatic rings. The summed E-state index contributed by atoms with van der Waals surface area (Å²) < 4.78 is 14.2. The molecule has 0 aliphatic carbocycles. The molecule has 2 aromatic rings. The molecule has 0 fully saturated rings. The molecular formula is C11H6Cl2FNO2. The predicted molar refractivity (Wildman–Crippen MR) is 62.7 cm³/mol. The minimum atomic E-state index is -1.14. The van der Waals surface area contributed by atoms with Crippen LogP contribution in [0.4, 0.5) is 4.39 Å². The first-order chi connectivity index (χ1) is 7.99. The summed E-state index contributed by atoms with van der Waals surface area (Å²) in [6.45, 7) is 0. The van der Waals surface area contributed by atoms with Gasteiger partial charge < -0.3 is 9.67 Å². The first-order valence-electron chi connectivity index (χ1n) is 4.55. The lowest BCUT2D eigenvalue weighted by atomic mass is 10.3. The number of aromatic carboxylic acids is 1. The van der Waals surface area contributed by atoms with Crippen molar-refractivity contribution in [1.29, 1.82) is 0 Å². The SMILES string of the molecule is O=C(O)c1cc(Cl)cn1-c1ccc(F)cc1Cl. The molecule has 3 nitrogen and oxygen atoms in total. The molecule has 0 bridgehead atoms. The Kier molecular flexibility index (Phi) is 3.09. The Morgan fingerprint density at radius 3 is 2.59 bits per heavy atom. The third-order valence-corrected chi connectivity index (χ3v) is 2.68. The zero-order valence-corrected chi connectivity index (χ0v) is 9.84. The smallest absolute Gasteiger partial charge is 0.352 e. The van der Waals surface area contributed by atoms with E-state index in [0.29, 0.717) is 5.69 Å². The van der Waals surface area contributed by atoms with Crippen molar-refractivity contribution < 1.29 is 14.3 Å². The fourth-order valence-corrected chi connectivity index (χ4v) is 1.93. The van der Waals surface area contributed by atoms with Gasteiger partial charge in [-0.3, -0.25) is 0 Å². The van der Waals surface area contributed by atoms with Crippen molar-refractivity contribution >= 4 is 29.2 Å². The van der Waals surface area contributed by atoms with Crippen LogP contribution >= 0.6 is 23.2 Å². The second-order valence-corrected chi connectivity index (χ2v) is 4.16. The molecule has 88 valence electrons. The fourth-order valence-electron chi connectivity index (χ4n) is 1.47. The molecular weight excluding hydrogens is 268 g/mol. The number of carboxylic acid groups (broad SMARTS) is 1. The Labute approximate surface area is 106 Å². The lowest BCUT2D eigenvalue weighted by molar-refractivity contribution is 0.0688. The van der Waals surface area contributed by atoms with Crippen LogP contribution in [0.5, 0.6) is 0 Å². The van der Waals surface area contributed by atoms with E-state index < -0.39 is 11.8 Å². The molecule has 0 spiro atoms. The van der Waals surface area contributed by atoms with E-state index >= 15 is 0 Å². The number of hydrogen-bond acceptors (Lipinski definition) is 1. The Morgan fingerprint density at radius 1 is 1.29 bits per heavy atom. The molecule has 0 amide bonds. The first kappa shape index (κ1) is 12.0. The minimum absolute atomic E-state index is 0.0384. The Balaban J connectivity index is 2.63. The summed E-state index contributed by atoms with van der Waals surface area (Å²) in [6, 6.07) is 4.99. The first-order valence-corrected chi connectivity index (χ1v) is 5.31. The van der Waals surface area contributed by atoms with E-state index in [-0.39, 0.29) is 15.7 Å². The second-order valence-electron chi connectivity index (χ2n) is 3.31. The average Bonchev–Trinajstić information content (AvgIpc) is 2.60. The van der Waals surface area contributed by atoms with Gasteiger partial charge in [0.25, 0.3) is 0 Å². The highest BCUT2D eigenvalue weighted by Gasteiger charge is 2.15. The van der Waals surface area contributed by atoms with Gasteiger partial charge in [0.15, 0.2) is 0 Å². The van der Waals surface area contributed by atoms with Crippen molar-refractivity contribution in [3.05, 3.63) is 52.0 Å². The number of carbonyl (C=O) groups is 1. The lowest BCUT2D eigenvalue weighted by Crippen LogP contribution is -2.06. The number of hydrogen-bond donors (Lipinski definition) is 1. The zero-order chi connectivity index (χ0) is 12.6. The summed E-state index contributed by atoms with van der Waals surface area (Å²) in [7, 11) is 0. The molecule has 1 aromatic heterocycles. The minimum Gasteiger partial charge on any atom is -0.477 e. The lowest BCUT2D eigenvalue weighted by Gasteiger charge is -2.08. The van der Waals surface area contributed by atoms with Crippen molar-refractivity contribution in [1.82, 2.24) is 4.57 Å². The van der Waals surface area contributed by atoms with Crippen molar-refractivity contribution in [2.24, 2.45) is 0 Å². The molecule has 0 unspecified atom stereocenters. The second kappa shape index (κ2) is 4.39. The molecule has 1 N–H and O–H groups in total. The monoisotopic (exact) mass is 273 g/mol. The van der Waals surface area contributed by atoms with Gasteiger partial charge >= 0.3 is 5.97 Å². The fraction of sp³-hybridized carbons (Fsp3) is 0. The van der Waals surface area contributed by atoms with Crippen LogP contribution in [-0.2, 0) is 0 Å². The van der Waals surface area contributed by atoms with E-state index in [1.165, 1.54) is 29.0 Å². The largest absolute Gasteiger partial charge is 0.477 e. The normalized spacial score (nSPS) is 10.5. The summed E-state index contributed by atoms with van der Waals surface area (Å²) in [5, 5.41) is 9.37. The number of halogens is 3. The quantitative estimate of drug-likeness (QED) is 0.908. The van der Waals surface area contributed by atoms with Crippen molar-refractivity contribution in [2.45, 2.75) is 0 Å². The van der Waals surface area contributed by atoms with Gasteiger partial charge in [-0.1, -0.05) is 23.2 Å². The van der Waals surface area contributed by atoms with Gasteiger partial charge in [-0.25, -0.2) is 9.18 Å². The van der Waals surface area contributed by atoms with Crippen LogP contribution in [0.2, 0.25) is 10.0 Å². The summed E-state index contributed by atoms with van der Waals surface area (Å²) in [6.07, 6.45) is 1.41. The molecule has 0 aliphatic heterocycles. The Morgan fingerprint density at radius 2 is 2.00 bits per heavy atom. The van der Waals surface area contributed by atoms with E-state index in [9.17, 15) is 9.18 Å². The maximum atomic E-state index is 12.9. The van der Waals surface area contributed by atoms with E-state index in [4.69, 9.17) is 28.3 Å². The van der Waals surface area contributed by atoms with Gasteiger partial charge in [-0.05, 0) is 24.3 Å². The maximum absolute atomic E-state index is 12.9. The third kappa shape index (κ3) is 2.28. The van der Waals surface area contributed by atoms with E-state index in [2.05, 4.69) is 0 Å². The van der Waals surface area contributed by atoms with Gasteiger partial charge in [0.2, 0.25) is 0 Å². The summed E-state index contributed by atoms with van der Waals surface area (Å²) in [5.74, 6) is -1.63. The van der Waals surface area contributed by atoms with Gasteiger partial charge in [0.1, 0.15) is 11.5 Å². The van der Waals surface area contributed by atoms with Crippen LogP contribution < -0.4 is 0 Å². The highest BCUT2D eigenvalue weighted by atomic mass is 35.5. The molecule has 0 saturated carbocycles. The predicted octanol–water partition coefficient (Wildman–Crippen LogP) is 3.62. The molecule has 1 heterocycles. The van der Waals surface area contributed by atoms with E-state index in [1.54, 1.807) is 0 Å². The summed E-state index contributed by atoms with van der Waals surface area (Å²) in [5.41, 5.74) is 0.320. The van der Waals surface area contributed by atoms with Crippen LogP contribution in [0.1, 0.15) is 10.5 Å². The summed E-state index contributed by atoms with van der Waals surface area (Å²) >= 11 is 11.6. The van der Waals surface area contributed by atoms with Crippen molar-refractivity contribution in [3.8, 4) is 5.69 Å². The topological polar surface area (TPSA) is 42.2 Å². The van der Waals surface area contributed by atoms with Crippen molar-refractivity contribution in [2.75, 3.05) is 0 Å². The molecule has 1 aromatic carbocycles. The molecule has 0 radical (unpaired) electrons. The van der Waals surface area contributed by atoms with Crippen LogP contribution in [-0.4, -0.2) is 15.6 Å². The van der Waals surface area contributed by atoms with Gasteiger partial charge in [0, 0.05) is 6.20 Å². The standard InChI is InChI=1S/C11H6Cl2FNO2/c12-6-3-10(11(16)17)15(5-6)9-2-1-7(14)4-8(9)13/h1-5H,(H,16,17). The maximum Gasteiger partial charge on any atom is 0.352 e. The third-order valence-electron chi connectivity index (χ3n) is 2.17. The van der Waals surface area contributed by atoms with Gasteiger partial charge in [0.05, 0.1) is 15.7 Å². The number of benzene rings is 1.